The number of aliphatic hydroxyl groups is 3. The molecule has 1 aromatic rings. The van der Waals surface area contributed by atoms with Gasteiger partial charge in [-0.15, -0.1) is 0 Å². The molecule has 1 saturated carbocycles. The molecule has 5 nitrogen and oxygen atoms in total. The molecule has 0 saturated heterocycles. The summed E-state index contributed by atoms with van der Waals surface area (Å²) in [6, 6.07) is 9.89. The lowest BCUT2D eigenvalue weighted by atomic mass is 9.89. The molecule has 136 valence electrons. The fourth-order valence-corrected chi connectivity index (χ4v) is 3.44. The van der Waals surface area contributed by atoms with E-state index in [2.05, 4.69) is 6.92 Å². The molecule has 0 aliphatic heterocycles. The highest BCUT2D eigenvalue weighted by molar-refractivity contribution is 5.13. The minimum absolute atomic E-state index is 0.122. The summed E-state index contributed by atoms with van der Waals surface area (Å²) >= 11 is 0. The van der Waals surface area contributed by atoms with E-state index in [0.717, 1.165) is 18.4 Å². The summed E-state index contributed by atoms with van der Waals surface area (Å²) in [6.07, 6.45) is 0.720. The molecule has 0 amide bonds. The average molecular weight is 338 g/mol. The molecule has 5 atom stereocenters. The zero-order valence-electron chi connectivity index (χ0n) is 14.4. The van der Waals surface area contributed by atoms with Crippen molar-refractivity contribution in [3.8, 4) is 0 Å². The van der Waals surface area contributed by atoms with Crippen LogP contribution in [-0.2, 0) is 16.1 Å². The maximum atomic E-state index is 10.3. The van der Waals surface area contributed by atoms with Crippen LogP contribution in [0.25, 0.3) is 0 Å². The second kappa shape index (κ2) is 10.1. The van der Waals surface area contributed by atoms with Crippen LogP contribution in [0.1, 0.15) is 31.7 Å². The molecule has 0 radical (unpaired) electrons. The summed E-state index contributed by atoms with van der Waals surface area (Å²) in [5.74, 6) is -0.542. The van der Waals surface area contributed by atoms with Crippen molar-refractivity contribution in [3.05, 3.63) is 35.9 Å². The molecule has 24 heavy (non-hydrogen) atoms. The molecule has 1 aliphatic rings. The first-order valence-electron chi connectivity index (χ1n) is 8.87. The highest BCUT2D eigenvalue weighted by Crippen LogP contribution is 2.37. The van der Waals surface area contributed by atoms with Crippen molar-refractivity contribution in [1.29, 1.82) is 0 Å². The summed E-state index contributed by atoms with van der Waals surface area (Å²) < 4.78 is 11.8. The van der Waals surface area contributed by atoms with Crippen molar-refractivity contribution in [2.75, 3.05) is 19.8 Å². The van der Waals surface area contributed by atoms with Crippen LogP contribution in [0.2, 0.25) is 0 Å². The highest BCUT2D eigenvalue weighted by atomic mass is 16.5. The number of ether oxygens (including phenoxy) is 2. The number of rotatable bonds is 10. The quantitative estimate of drug-likeness (QED) is 0.566. The Balaban J connectivity index is 1.94. The third kappa shape index (κ3) is 5.26. The zero-order chi connectivity index (χ0) is 17.4. The van der Waals surface area contributed by atoms with E-state index in [4.69, 9.17) is 9.47 Å². The lowest BCUT2D eigenvalue weighted by molar-refractivity contribution is -0.0599. The largest absolute Gasteiger partial charge is 0.394 e. The molecule has 0 aromatic heterocycles. The van der Waals surface area contributed by atoms with Crippen LogP contribution in [0.5, 0.6) is 0 Å². The van der Waals surface area contributed by atoms with E-state index in [1.54, 1.807) is 0 Å². The van der Waals surface area contributed by atoms with Gasteiger partial charge in [0.25, 0.3) is 0 Å². The van der Waals surface area contributed by atoms with Gasteiger partial charge in [0, 0.05) is 24.9 Å². The molecule has 0 bridgehead atoms. The van der Waals surface area contributed by atoms with E-state index in [9.17, 15) is 15.3 Å². The predicted molar refractivity (Wildman–Crippen MR) is 91.4 cm³/mol. The first-order valence-corrected chi connectivity index (χ1v) is 8.87. The summed E-state index contributed by atoms with van der Waals surface area (Å²) in [5, 5.41) is 29.7. The molecule has 1 aliphatic carbocycles. The zero-order valence-corrected chi connectivity index (χ0v) is 14.4. The number of hydrogen-bond donors (Lipinski definition) is 3. The van der Waals surface area contributed by atoms with Gasteiger partial charge in [-0.2, -0.15) is 0 Å². The van der Waals surface area contributed by atoms with Gasteiger partial charge in [-0.1, -0.05) is 43.7 Å². The second-order valence-corrected chi connectivity index (χ2v) is 6.56. The van der Waals surface area contributed by atoms with Gasteiger partial charge in [0.05, 0.1) is 38.1 Å². The molecule has 1 aromatic carbocycles. The van der Waals surface area contributed by atoms with Crippen molar-refractivity contribution in [2.24, 2.45) is 11.8 Å². The minimum Gasteiger partial charge on any atom is -0.394 e. The van der Waals surface area contributed by atoms with Crippen molar-refractivity contribution in [1.82, 2.24) is 0 Å². The fourth-order valence-electron chi connectivity index (χ4n) is 3.44. The van der Waals surface area contributed by atoms with Gasteiger partial charge >= 0.3 is 0 Å². The van der Waals surface area contributed by atoms with E-state index in [1.807, 2.05) is 30.3 Å². The Morgan fingerprint density at radius 3 is 2.67 bits per heavy atom. The normalized spacial score (nSPS) is 28.2. The van der Waals surface area contributed by atoms with E-state index in [1.165, 1.54) is 0 Å². The van der Waals surface area contributed by atoms with Crippen LogP contribution < -0.4 is 0 Å². The van der Waals surface area contributed by atoms with E-state index in [0.29, 0.717) is 26.2 Å². The lowest BCUT2D eigenvalue weighted by Gasteiger charge is -2.28. The standard InChI is InChI=1S/C19H30O5/c1-2-3-9-24-18-10-16(21)19(17(22)11-20)15(18)13-23-12-14-7-5-4-6-8-14/h4-8,15-22H,2-3,9-13H2,1H3/t15-,16?,17?,18+,19+/m1/s1. The minimum atomic E-state index is -0.954. The first-order chi connectivity index (χ1) is 11.7. The molecular formula is C19H30O5. The van der Waals surface area contributed by atoms with Crippen LogP contribution in [-0.4, -0.2) is 53.5 Å². The third-order valence-corrected chi connectivity index (χ3v) is 4.77. The Morgan fingerprint density at radius 1 is 1.25 bits per heavy atom. The monoisotopic (exact) mass is 338 g/mol. The van der Waals surface area contributed by atoms with Crippen LogP contribution in [0.4, 0.5) is 0 Å². The van der Waals surface area contributed by atoms with E-state index >= 15 is 0 Å². The van der Waals surface area contributed by atoms with Gasteiger partial charge in [0.2, 0.25) is 0 Å². The number of hydrogen-bond acceptors (Lipinski definition) is 5. The molecule has 2 unspecified atom stereocenters. The Kier molecular flexibility index (Phi) is 8.15. The van der Waals surface area contributed by atoms with Crippen molar-refractivity contribution in [3.63, 3.8) is 0 Å². The van der Waals surface area contributed by atoms with Crippen molar-refractivity contribution >= 4 is 0 Å². The maximum absolute atomic E-state index is 10.3. The molecular weight excluding hydrogens is 308 g/mol. The van der Waals surface area contributed by atoms with Gasteiger partial charge in [-0.3, -0.25) is 0 Å². The maximum Gasteiger partial charge on any atom is 0.0828 e. The first kappa shape index (κ1) is 19.3. The molecule has 2 rings (SSSR count). The van der Waals surface area contributed by atoms with E-state index in [-0.39, 0.29) is 18.6 Å². The molecule has 5 heteroatoms. The molecule has 0 spiro atoms. The molecule has 0 heterocycles. The predicted octanol–water partition coefficient (Wildman–Crippen LogP) is 1.74. The number of benzene rings is 1. The Labute approximate surface area is 144 Å². The van der Waals surface area contributed by atoms with Crippen LogP contribution in [0.3, 0.4) is 0 Å². The van der Waals surface area contributed by atoms with Crippen LogP contribution in [0.15, 0.2) is 30.3 Å². The van der Waals surface area contributed by atoms with Gasteiger partial charge in [0.1, 0.15) is 0 Å². The van der Waals surface area contributed by atoms with Gasteiger partial charge in [-0.25, -0.2) is 0 Å². The topological polar surface area (TPSA) is 79.2 Å². The van der Waals surface area contributed by atoms with Crippen LogP contribution >= 0.6 is 0 Å². The summed E-state index contributed by atoms with van der Waals surface area (Å²) in [7, 11) is 0. The fraction of sp³-hybridized carbons (Fsp3) is 0.684. The second-order valence-electron chi connectivity index (χ2n) is 6.56. The lowest BCUT2D eigenvalue weighted by Crippen LogP contribution is -2.38. The Bertz CT molecular complexity index is 452. The summed E-state index contributed by atoms with van der Waals surface area (Å²) in [6.45, 7) is 3.26. The SMILES string of the molecule is CCCCO[C@H]1CC(O)[C@@H](C(O)CO)[C@@H]1COCc1ccccc1. The van der Waals surface area contributed by atoms with Gasteiger partial charge in [-0.05, 0) is 12.0 Å². The van der Waals surface area contributed by atoms with Crippen molar-refractivity contribution < 1.29 is 24.8 Å². The molecule has 1 fully saturated rings. The highest BCUT2D eigenvalue weighted by Gasteiger charge is 2.46. The summed E-state index contributed by atoms with van der Waals surface area (Å²) in [4.78, 5) is 0. The average Bonchev–Trinajstić information content (AvgIpc) is 2.91. The Hall–Kier alpha value is -0.980. The van der Waals surface area contributed by atoms with Crippen molar-refractivity contribution in [2.45, 2.75) is 51.1 Å². The van der Waals surface area contributed by atoms with Gasteiger partial charge in [0.15, 0.2) is 0 Å². The van der Waals surface area contributed by atoms with E-state index < -0.39 is 18.1 Å². The smallest absolute Gasteiger partial charge is 0.0828 e. The summed E-state index contributed by atoms with van der Waals surface area (Å²) in [5.41, 5.74) is 1.08. The molecule has 3 N–H and O–H groups in total. The number of unbranched alkanes of at least 4 members (excludes halogenated alkanes) is 1. The van der Waals surface area contributed by atoms with Crippen LogP contribution in [0, 0.1) is 11.8 Å². The number of aliphatic hydroxyl groups excluding tert-OH is 3. The van der Waals surface area contributed by atoms with Gasteiger partial charge < -0.3 is 24.8 Å². The third-order valence-electron chi connectivity index (χ3n) is 4.77. The Morgan fingerprint density at radius 2 is 2.00 bits per heavy atom.